The number of aliphatic hydroxyl groups excluding tert-OH is 1. The number of benzene rings is 2. The molecular weight excluding hydrogens is 419 g/mol. The number of carbonyl (C=O) groups excluding carboxylic acids is 1. The van der Waals surface area contributed by atoms with Gasteiger partial charge in [-0.25, -0.2) is 4.68 Å². The molecule has 0 saturated carbocycles. The maximum atomic E-state index is 13.3. The van der Waals surface area contributed by atoms with Crippen molar-refractivity contribution in [3.05, 3.63) is 70.9 Å². The fraction of sp³-hybridized carbons (Fsp3) is 0.238. The first-order valence-electron chi connectivity index (χ1n) is 9.19. The number of hydrogen-bond donors (Lipinski definition) is 2. The van der Waals surface area contributed by atoms with Crippen molar-refractivity contribution < 1.29 is 23.1 Å². The van der Waals surface area contributed by atoms with E-state index in [0.717, 1.165) is 10.7 Å². The summed E-state index contributed by atoms with van der Waals surface area (Å²) in [5.74, 6) is -0.377. The Balaban J connectivity index is 2.00. The van der Waals surface area contributed by atoms with Crippen LogP contribution < -0.4 is 5.32 Å². The first-order chi connectivity index (χ1) is 14.2. The summed E-state index contributed by atoms with van der Waals surface area (Å²) in [4.78, 5) is 12.3. The van der Waals surface area contributed by atoms with E-state index in [1.54, 1.807) is 36.4 Å². The van der Waals surface area contributed by atoms with Gasteiger partial charge in [0.1, 0.15) is 0 Å². The van der Waals surface area contributed by atoms with Crippen LogP contribution in [0.5, 0.6) is 0 Å². The SMILES string of the molecule is CCC(CO)NC(=O)c1ccc(-c2cc(C(F)(F)F)nn2-c2ccccc2Cl)cc1. The second kappa shape index (κ2) is 8.89. The average molecular weight is 438 g/mol. The minimum atomic E-state index is -4.62. The van der Waals surface area contributed by atoms with Gasteiger partial charge in [-0.3, -0.25) is 4.79 Å². The zero-order valence-corrected chi connectivity index (χ0v) is 16.7. The molecule has 5 nitrogen and oxygen atoms in total. The second-order valence-corrected chi connectivity index (χ2v) is 7.02. The third-order valence-electron chi connectivity index (χ3n) is 4.57. The Labute approximate surface area is 176 Å². The lowest BCUT2D eigenvalue weighted by Gasteiger charge is -2.14. The molecule has 30 heavy (non-hydrogen) atoms. The highest BCUT2D eigenvalue weighted by molar-refractivity contribution is 6.32. The van der Waals surface area contributed by atoms with E-state index in [1.165, 1.54) is 12.1 Å². The predicted octanol–water partition coefficient (Wildman–Crippen LogP) is 4.71. The third-order valence-corrected chi connectivity index (χ3v) is 4.89. The molecule has 1 atom stereocenters. The Morgan fingerprint density at radius 3 is 2.43 bits per heavy atom. The number of para-hydroxylation sites is 1. The fourth-order valence-corrected chi connectivity index (χ4v) is 3.09. The van der Waals surface area contributed by atoms with Crippen molar-refractivity contribution in [1.82, 2.24) is 15.1 Å². The Hall–Kier alpha value is -2.84. The standard InChI is InChI=1S/C21H19ClF3N3O2/c1-2-15(12-29)26-20(30)14-9-7-13(8-10-14)18-11-19(21(23,24)25)27-28(18)17-6-4-3-5-16(17)22/h3-11,15,29H,2,12H2,1H3,(H,26,30). The summed E-state index contributed by atoms with van der Waals surface area (Å²) in [7, 11) is 0. The third kappa shape index (κ3) is 4.66. The van der Waals surface area contributed by atoms with E-state index in [4.69, 9.17) is 11.6 Å². The van der Waals surface area contributed by atoms with Gasteiger partial charge in [-0.2, -0.15) is 18.3 Å². The first kappa shape index (κ1) is 21.9. The molecule has 0 aliphatic carbocycles. The molecule has 0 fully saturated rings. The van der Waals surface area contributed by atoms with E-state index < -0.39 is 11.9 Å². The number of halogens is 4. The van der Waals surface area contributed by atoms with Gasteiger partial charge in [-0.1, -0.05) is 42.8 Å². The van der Waals surface area contributed by atoms with E-state index in [9.17, 15) is 23.1 Å². The van der Waals surface area contributed by atoms with E-state index in [-0.39, 0.29) is 29.3 Å². The Kier molecular flexibility index (Phi) is 6.48. The minimum absolute atomic E-state index is 0.183. The number of nitrogens with one attached hydrogen (secondary N) is 1. The molecule has 0 bridgehead atoms. The molecular formula is C21H19ClF3N3O2. The molecule has 3 rings (SSSR count). The monoisotopic (exact) mass is 437 g/mol. The number of alkyl halides is 3. The molecule has 0 saturated heterocycles. The van der Waals surface area contributed by atoms with Crippen LogP contribution in [0.2, 0.25) is 5.02 Å². The van der Waals surface area contributed by atoms with Crippen molar-refractivity contribution in [1.29, 1.82) is 0 Å². The average Bonchev–Trinajstić information content (AvgIpc) is 3.18. The van der Waals surface area contributed by atoms with E-state index in [2.05, 4.69) is 10.4 Å². The molecule has 2 aromatic carbocycles. The van der Waals surface area contributed by atoms with Crippen LogP contribution in [-0.2, 0) is 6.18 Å². The van der Waals surface area contributed by atoms with Gasteiger partial charge in [-0.05, 0) is 36.8 Å². The molecule has 0 aliphatic heterocycles. The van der Waals surface area contributed by atoms with Gasteiger partial charge in [0, 0.05) is 11.1 Å². The number of carbonyl (C=O) groups is 1. The van der Waals surface area contributed by atoms with Gasteiger partial charge in [-0.15, -0.1) is 0 Å². The van der Waals surface area contributed by atoms with Crippen molar-refractivity contribution in [2.45, 2.75) is 25.6 Å². The zero-order chi connectivity index (χ0) is 21.9. The Bertz CT molecular complexity index is 1030. The topological polar surface area (TPSA) is 67.2 Å². The summed E-state index contributed by atoms with van der Waals surface area (Å²) in [6, 6.07) is 13.1. The van der Waals surface area contributed by atoms with Crippen LogP contribution in [0, 0.1) is 0 Å². The van der Waals surface area contributed by atoms with Crippen molar-refractivity contribution in [2.75, 3.05) is 6.61 Å². The normalized spacial score (nSPS) is 12.6. The van der Waals surface area contributed by atoms with Crippen LogP contribution in [0.1, 0.15) is 29.4 Å². The maximum absolute atomic E-state index is 13.3. The molecule has 0 radical (unpaired) electrons. The van der Waals surface area contributed by atoms with Gasteiger partial charge in [0.2, 0.25) is 0 Å². The minimum Gasteiger partial charge on any atom is -0.394 e. The Morgan fingerprint density at radius 2 is 1.87 bits per heavy atom. The van der Waals surface area contributed by atoms with E-state index in [0.29, 0.717) is 23.2 Å². The second-order valence-electron chi connectivity index (χ2n) is 6.61. The van der Waals surface area contributed by atoms with Gasteiger partial charge in [0.25, 0.3) is 5.91 Å². The molecule has 1 amide bonds. The highest BCUT2D eigenvalue weighted by Gasteiger charge is 2.35. The van der Waals surface area contributed by atoms with Gasteiger partial charge >= 0.3 is 6.18 Å². The van der Waals surface area contributed by atoms with Gasteiger partial charge < -0.3 is 10.4 Å². The summed E-state index contributed by atoms with van der Waals surface area (Å²) in [5.41, 5.74) is 0.201. The summed E-state index contributed by atoms with van der Waals surface area (Å²) < 4.78 is 41.0. The number of nitrogens with zero attached hydrogens (tertiary/aromatic N) is 2. The van der Waals surface area contributed by atoms with Gasteiger partial charge in [0.15, 0.2) is 5.69 Å². The number of rotatable bonds is 6. The maximum Gasteiger partial charge on any atom is 0.435 e. The largest absolute Gasteiger partial charge is 0.435 e. The molecule has 3 aromatic rings. The van der Waals surface area contributed by atoms with Crippen molar-refractivity contribution in [2.24, 2.45) is 0 Å². The summed E-state index contributed by atoms with van der Waals surface area (Å²) in [5, 5.41) is 15.9. The van der Waals surface area contributed by atoms with Crippen LogP contribution >= 0.6 is 11.6 Å². The number of hydrogen-bond acceptors (Lipinski definition) is 3. The molecule has 1 aromatic heterocycles. The molecule has 158 valence electrons. The highest BCUT2D eigenvalue weighted by atomic mass is 35.5. The lowest BCUT2D eigenvalue weighted by molar-refractivity contribution is -0.141. The summed E-state index contributed by atoms with van der Waals surface area (Å²) in [6.45, 7) is 1.65. The smallest absolute Gasteiger partial charge is 0.394 e. The zero-order valence-electron chi connectivity index (χ0n) is 15.9. The van der Waals surface area contributed by atoms with E-state index >= 15 is 0 Å². The molecule has 9 heteroatoms. The highest BCUT2D eigenvalue weighted by Crippen LogP contribution is 2.34. The van der Waals surface area contributed by atoms with Crippen molar-refractivity contribution in [3.63, 3.8) is 0 Å². The van der Waals surface area contributed by atoms with E-state index in [1.807, 2.05) is 6.92 Å². The summed E-state index contributed by atoms with van der Waals surface area (Å²) >= 11 is 6.17. The molecule has 1 unspecified atom stereocenters. The quantitative estimate of drug-likeness (QED) is 0.586. The van der Waals surface area contributed by atoms with Crippen molar-refractivity contribution in [3.8, 4) is 16.9 Å². The number of amides is 1. The lowest BCUT2D eigenvalue weighted by Crippen LogP contribution is -2.36. The van der Waals surface area contributed by atoms with Crippen LogP contribution in [0.4, 0.5) is 13.2 Å². The molecule has 1 heterocycles. The molecule has 0 aliphatic rings. The molecule has 0 spiro atoms. The lowest BCUT2D eigenvalue weighted by atomic mass is 10.1. The summed E-state index contributed by atoms with van der Waals surface area (Å²) in [6.07, 6.45) is -4.06. The molecule has 2 N–H and O–H groups in total. The first-order valence-corrected chi connectivity index (χ1v) is 9.56. The van der Waals surface area contributed by atoms with Crippen LogP contribution in [-0.4, -0.2) is 33.4 Å². The van der Waals surface area contributed by atoms with Crippen molar-refractivity contribution >= 4 is 17.5 Å². The van der Waals surface area contributed by atoms with Crippen LogP contribution in [0.15, 0.2) is 54.6 Å². The van der Waals surface area contributed by atoms with Crippen LogP contribution in [0.3, 0.4) is 0 Å². The fourth-order valence-electron chi connectivity index (χ4n) is 2.87. The predicted molar refractivity (Wildman–Crippen MR) is 108 cm³/mol. The van der Waals surface area contributed by atoms with Crippen LogP contribution in [0.25, 0.3) is 16.9 Å². The number of aliphatic hydroxyl groups is 1. The number of aromatic nitrogens is 2. The Morgan fingerprint density at radius 1 is 1.20 bits per heavy atom. The van der Waals surface area contributed by atoms with Gasteiger partial charge in [0.05, 0.1) is 29.1 Å².